The van der Waals surface area contributed by atoms with E-state index in [1.54, 1.807) is 12.3 Å². The van der Waals surface area contributed by atoms with Crippen molar-refractivity contribution < 1.29 is 15.0 Å². The van der Waals surface area contributed by atoms with Crippen molar-refractivity contribution in [2.75, 3.05) is 0 Å². The van der Waals surface area contributed by atoms with Gasteiger partial charge in [0.2, 0.25) is 0 Å². The van der Waals surface area contributed by atoms with Crippen LogP contribution in [0.3, 0.4) is 0 Å². The van der Waals surface area contributed by atoms with E-state index in [1.807, 2.05) is 13.8 Å². The van der Waals surface area contributed by atoms with E-state index in [2.05, 4.69) is 47.7 Å². The van der Waals surface area contributed by atoms with Crippen LogP contribution in [0.5, 0.6) is 5.75 Å². The number of aromatic nitrogens is 1. The fraction of sp³-hybridized carbons (Fsp3) is 0.182. The number of aromatic carboxylic acids is 1. The van der Waals surface area contributed by atoms with E-state index in [0.29, 0.717) is 5.69 Å². The zero-order chi connectivity index (χ0) is 19.7. The fourth-order valence-electron chi connectivity index (χ4n) is 3.32. The Morgan fingerprint density at radius 1 is 1.00 bits per heavy atom. The average molecular weight is 362 g/mol. The minimum Gasteiger partial charge on any atom is -0.507 e. The number of carboxylic acids is 1. The molecule has 2 N–H and O–H groups in total. The first-order chi connectivity index (χ1) is 12.8. The average Bonchev–Trinajstić information content (AvgIpc) is 2.86. The molecular weight excluding hydrogens is 340 g/mol. The summed E-state index contributed by atoms with van der Waals surface area (Å²) in [5.74, 6) is -1.45. The Hall–Kier alpha value is -3.34. The highest BCUT2D eigenvalue weighted by molar-refractivity contribution is 5.92. The van der Waals surface area contributed by atoms with E-state index < -0.39 is 5.97 Å². The summed E-state index contributed by atoms with van der Waals surface area (Å²) in [6.45, 7) is 8.24. The molecule has 0 aliphatic rings. The van der Waals surface area contributed by atoms with Gasteiger partial charge < -0.3 is 14.8 Å². The Bertz CT molecular complexity index is 1040. The molecule has 3 aromatic rings. The quantitative estimate of drug-likeness (QED) is 0.651. The maximum atomic E-state index is 11.1. The number of rotatable bonds is 4. The van der Waals surface area contributed by atoms with Crippen molar-refractivity contribution in [2.24, 2.45) is 4.99 Å². The van der Waals surface area contributed by atoms with Crippen molar-refractivity contribution in [1.82, 2.24) is 4.57 Å². The van der Waals surface area contributed by atoms with Crippen LogP contribution in [0.15, 0.2) is 47.5 Å². The van der Waals surface area contributed by atoms with Gasteiger partial charge in [0.1, 0.15) is 11.3 Å². The number of benzene rings is 2. The molecule has 1 heterocycles. The number of aryl methyl sites for hydroxylation is 3. The molecule has 0 radical (unpaired) electrons. The molecule has 0 atom stereocenters. The smallest absolute Gasteiger partial charge is 0.339 e. The monoisotopic (exact) mass is 362 g/mol. The maximum Gasteiger partial charge on any atom is 0.339 e. The molecule has 0 aliphatic carbocycles. The van der Waals surface area contributed by atoms with Gasteiger partial charge in [0.15, 0.2) is 0 Å². The normalized spacial score (nSPS) is 11.3. The lowest BCUT2D eigenvalue weighted by atomic mass is 10.1. The topological polar surface area (TPSA) is 74.8 Å². The summed E-state index contributed by atoms with van der Waals surface area (Å²) in [4.78, 5) is 15.5. The van der Waals surface area contributed by atoms with Crippen LogP contribution < -0.4 is 0 Å². The van der Waals surface area contributed by atoms with Crippen LogP contribution in [0, 0.1) is 27.7 Å². The van der Waals surface area contributed by atoms with Crippen LogP contribution >= 0.6 is 0 Å². The Morgan fingerprint density at radius 3 is 2.30 bits per heavy atom. The van der Waals surface area contributed by atoms with Gasteiger partial charge in [-0.3, -0.25) is 4.99 Å². The van der Waals surface area contributed by atoms with Crippen molar-refractivity contribution in [1.29, 1.82) is 0 Å². The number of phenols is 1. The Morgan fingerprint density at radius 2 is 1.67 bits per heavy atom. The van der Waals surface area contributed by atoms with Gasteiger partial charge in [-0.15, -0.1) is 0 Å². The predicted octanol–water partition coefficient (Wildman–Crippen LogP) is 4.87. The Labute approximate surface area is 158 Å². The number of hydrogen-bond donors (Lipinski definition) is 2. The van der Waals surface area contributed by atoms with Crippen molar-refractivity contribution in [2.45, 2.75) is 27.7 Å². The summed E-state index contributed by atoms with van der Waals surface area (Å²) in [6, 6.07) is 12.8. The van der Waals surface area contributed by atoms with Crippen molar-refractivity contribution in [3.8, 4) is 11.4 Å². The van der Waals surface area contributed by atoms with Crippen LogP contribution in [0.2, 0.25) is 0 Å². The molecule has 5 heteroatoms. The van der Waals surface area contributed by atoms with Crippen molar-refractivity contribution in [3.63, 3.8) is 0 Å². The molecule has 0 unspecified atom stereocenters. The minimum atomic E-state index is -1.18. The number of aliphatic imine (C=N–C) groups is 1. The van der Waals surface area contributed by atoms with Crippen LogP contribution in [0.4, 0.5) is 5.69 Å². The molecule has 3 rings (SSSR count). The van der Waals surface area contributed by atoms with E-state index in [1.165, 1.54) is 23.3 Å². The highest BCUT2D eigenvalue weighted by atomic mass is 16.4. The first-order valence-corrected chi connectivity index (χ1v) is 8.64. The molecule has 0 saturated carbocycles. The second-order valence-corrected chi connectivity index (χ2v) is 6.77. The first kappa shape index (κ1) is 18.5. The molecule has 1 aromatic heterocycles. The molecule has 0 aliphatic heterocycles. The lowest BCUT2D eigenvalue weighted by Crippen LogP contribution is -2.00. The largest absolute Gasteiger partial charge is 0.507 e. The van der Waals surface area contributed by atoms with E-state index >= 15 is 0 Å². The summed E-state index contributed by atoms with van der Waals surface area (Å²) in [5, 5.41) is 18.7. The fourth-order valence-corrected chi connectivity index (χ4v) is 3.32. The molecule has 0 amide bonds. The summed E-state index contributed by atoms with van der Waals surface area (Å²) in [6.07, 6.45) is 1.72. The van der Waals surface area contributed by atoms with Crippen molar-refractivity contribution in [3.05, 3.63) is 76.1 Å². The second kappa shape index (κ2) is 7.11. The zero-order valence-electron chi connectivity index (χ0n) is 15.8. The van der Waals surface area contributed by atoms with Crippen LogP contribution in [-0.4, -0.2) is 27.0 Å². The lowest BCUT2D eigenvalue weighted by Gasteiger charge is -2.11. The molecular formula is C22H22N2O3. The first-order valence-electron chi connectivity index (χ1n) is 8.64. The van der Waals surface area contributed by atoms with Gasteiger partial charge in [-0.25, -0.2) is 4.79 Å². The number of carboxylic acid groups (broad SMARTS) is 1. The van der Waals surface area contributed by atoms with Gasteiger partial charge in [-0.2, -0.15) is 0 Å². The highest BCUT2D eigenvalue weighted by Crippen LogP contribution is 2.25. The molecule has 2 aromatic carbocycles. The van der Waals surface area contributed by atoms with Gasteiger partial charge in [-0.1, -0.05) is 6.07 Å². The molecule has 0 fully saturated rings. The SMILES string of the molecule is Cc1cc(C)cc(-n2c(C)cc(C=Nc3ccc(O)c(C(=O)O)c3)c2C)c1. The molecule has 27 heavy (non-hydrogen) atoms. The third-order valence-electron chi connectivity index (χ3n) is 4.50. The van der Waals surface area contributed by atoms with E-state index in [-0.39, 0.29) is 11.3 Å². The van der Waals surface area contributed by atoms with Gasteiger partial charge in [-0.05, 0) is 75.2 Å². The highest BCUT2D eigenvalue weighted by Gasteiger charge is 2.12. The Kier molecular flexibility index (Phi) is 4.86. The predicted molar refractivity (Wildman–Crippen MR) is 107 cm³/mol. The maximum absolute atomic E-state index is 11.1. The van der Waals surface area contributed by atoms with Crippen molar-refractivity contribution >= 4 is 17.9 Å². The van der Waals surface area contributed by atoms with Crippen LogP contribution in [0.25, 0.3) is 5.69 Å². The molecule has 0 spiro atoms. The zero-order valence-corrected chi connectivity index (χ0v) is 15.8. The van der Waals surface area contributed by atoms with Crippen LogP contribution in [0.1, 0.15) is 38.4 Å². The van der Waals surface area contributed by atoms with Gasteiger partial charge in [0, 0.05) is 28.9 Å². The summed E-state index contributed by atoms with van der Waals surface area (Å²) < 4.78 is 2.18. The number of nitrogens with zero attached hydrogens (tertiary/aromatic N) is 2. The van der Waals surface area contributed by atoms with E-state index in [9.17, 15) is 9.90 Å². The summed E-state index contributed by atoms with van der Waals surface area (Å²) >= 11 is 0. The summed E-state index contributed by atoms with van der Waals surface area (Å²) in [7, 11) is 0. The third-order valence-corrected chi connectivity index (χ3v) is 4.50. The van der Waals surface area contributed by atoms with E-state index in [0.717, 1.165) is 22.6 Å². The van der Waals surface area contributed by atoms with Gasteiger partial charge >= 0.3 is 5.97 Å². The number of carbonyl (C=O) groups is 1. The molecule has 138 valence electrons. The molecule has 0 bridgehead atoms. The van der Waals surface area contributed by atoms with Crippen LogP contribution in [-0.2, 0) is 0 Å². The lowest BCUT2D eigenvalue weighted by molar-refractivity contribution is 0.0694. The summed E-state index contributed by atoms with van der Waals surface area (Å²) in [5.41, 5.74) is 6.94. The number of aromatic hydroxyl groups is 1. The molecule has 5 nitrogen and oxygen atoms in total. The van der Waals surface area contributed by atoms with Gasteiger partial charge in [0.05, 0.1) is 5.69 Å². The standard InChI is InChI=1S/C22H22N2O3/c1-13-7-14(2)9-19(8-13)24-15(3)10-17(16(24)4)12-23-18-5-6-21(25)20(11-18)22(26)27/h5-12,25H,1-4H3,(H,26,27). The van der Waals surface area contributed by atoms with Gasteiger partial charge in [0.25, 0.3) is 0 Å². The second-order valence-electron chi connectivity index (χ2n) is 6.77. The molecule has 0 saturated heterocycles. The Balaban J connectivity index is 1.99. The third kappa shape index (κ3) is 3.77. The minimum absolute atomic E-state index is 0.162. The number of hydrogen-bond acceptors (Lipinski definition) is 3. The van der Waals surface area contributed by atoms with E-state index in [4.69, 9.17) is 5.11 Å².